The third-order valence-electron chi connectivity index (χ3n) is 4.06. The van der Waals surface area contributed by atoms with Crippen LogP contribution in [0, 0.1) is 5.41 Å². The molecule has 1 unspecified atom stereocenters. The minimum atomic E-state index is -0.253. The number of rotatable bonds is 1. The molecule has 0 radical (unpaired) electrons. The predicted molar refractivity (Wildman–Crippen MR) is 57.0 cm³/mol. The van der Waals surface area contributed by atoms with Crippen molar-refractivity contribution in [1.29, 1.82) is 0 Å². The smallest absolute Gasteiger partial charge is 0.110 e. The van der Waals surface area contributed by atoms with Gasteiger partial charge in [0.15, 0.2) is 0 Å². The molecule has 1 atom stereocenters. The normalized spacial score (nSPS) is 33.0. The maximum absolute atomic E-state index is 9.90. The van der Waals surface area contributed by atoms with Crippen molar-refractivity contribution in [2.75, 3.05) is 19.6 Å². The average Bonchev–Trinajstić information content (AvgIpc) is 2.49. The first-order valence-electron chi connectivity index (χ1n) is 5.80. The van der Waals surface area contributed by atoms with Crippen molar-refractivity contribution in [2.45, 2.75) is 45.4 Å². The molecule has 0 saturated carbocycles. The van der Waals surface area contributed by atoms with E-state index in [1.807, 2.05) is 0 Å². The first kappa shape index (κ1) is 10.4. The molecule has 0 bridgehead atoms. The number of aliphatic hydroxyl groups excluding tert-OH is 1. The number of hydrogen-bond acceptors (Lipinski definition) is 3. The van der Waals surface area contributed by atoms with Gasteiger partial charge >= 0.3 is 0 Å². The lowest BCUT2D eigenvalue weighted by molar-refractivity contribution is -0.0166. The minimum absolute atomic E-state index is 0.200. The van der Waals surface area contributed by atoms with E-state index in [2.05, 4.69) is 24.1 Å². The Morgan fingerprint density at radius 3 is 2.36 bits per heavy atom. The van der Waals surface area contributed by atoms with E-state index in [1.165, 1.54) is 0 Å². The zero-order valence-electron chi connectivity index (χ0n) is 9.29. The van der Waals surface area contributed by atoms with Crippen LogP contribution in [-0.4, -0.2) is 41.9 Å². The van der Waals surface area contributed by atoms with E-state index >= 15 is 0 Å². The molecule has 0 aromatic carbocycles. The van der Waals surface area contributed by atoms with Gasteiger partial charge in [-0.2, -0.15) is 0 Å². The zero-order chi connectivity index (χ0) is 10.2. The molecule has 2 aliphatic heterocycles. The molecule has 2 saturated heterocycles. The van der Waals surface area contributed by atoms with Crippen molar-refractivity contribution in [3.63, 3.8) is 0 Å². The van der Waals surface area contributed by atoms with Crippen molar-refractivity contribution in [3.05, 3.63) is 0 Å². The van der Waals surface area contributed by atoms with E-state index in [0.29, 0.717) is 6.04 Å². The van der Waals surface area contributed by atoms with Crippen molar-refractivity contribution in [2.24, 2.45) is 5.41 Å². The SMILES string of the molecule is CC(C)N1CCC2(CCNC2O)CC1. The molecule has 2 N–H and O–H groups in total. The second-order valence-corrected chi connectivity index (χ2v) is 5.10. The van der Waals surface area contributed by atoms with Crippen LogP contribution in [-0.2, 0) is 0 Å². The Bertz CT molecular complexity index is 197. The highest BCUT2D eigenvalue weighted by Gasteiger charge is 2.44. The van der Waals surface area contributed by atoms with Gasteiger partial charge in [-0.25, -0.2) is 0 Å². The molecule has 2 rings (SSSR count). The first-order chi connectivity index (χ1) is 6.64. The quantitative estimate of drug-likeness (QED) is 0.654. The van der Waals surface area contributed by atoms with Crippen LogP contribution in [0.3, 0.4) is 0 Å². The van der Waals surface area contributed by atoms with Crippen molar-refractivity contribution < 1.29 is 5.11 Å². The molecule has 3 nitrogen and oxygen atoms in total. The summed E-state index contributed by atoms with van der Waals surface area (Å²) in [5, 5.41) is 13.1. The van der Waals surface area contributed by atoms with Crippen LogP contribution < -0.4 is 5.32 Å². The highest BCUT2D eigenvalue weighted by atomic mass is 16.3. The summed E-state index contributed by atoms with van der Waals surface area (Å²) >= 11 is 0. The summed E-state index contributed by atoms with van der Waals surface area (Å²) in [6.07, 6.45) is 3.20. The van der Waals surface area contributed by atoms with Crippen LogP contribution in [0.1, 0.15) is 33.1 Å². The van der Waals surface area contributed by atoms with Crippen LogP contribution in [0.5, 0.6) is 0 Å². The third-order valence-corrected chi connectivity index (χ3v) is 4.06. The molecule has 0 aromatic heterocycles. The number of aliphatic hydroxyl groups is 1. The summed E-state index contributed by atoms with van der Waals surface area (Å²) in [6, 6.07) is 0.652. The van der Waals surface area contributed by atoms with E-state index in [4.69, 9.17) is 0 Å². The van der Waals surface area contributed by atoms with Crippen LogP contribution in [0.25, 0.3) is 0 Å². The van der Waals surface area contributed by atoms with E-state index in [0.717, 1.165) is 38.9 Å². The Kier molecular flexibility index (Phi) is 2.82. The van der Waals surface area contributed by atoms with E-state index < -0.39 is 0 Å². The lowest BCUT2D eigenvalue weighted by Crippen LogP contribution is -2.48. The van der Waals surface area contributed by atoms with Gasteiger partial charge in [-0.05, 0) is 52.7 Å². The lowest BCUT2D eigenvalue weighted by atomic mass is 9.76. The van der Waals surface area contributed by atoms with Crippen molar-refractivity contribution >= 4 is 0 Å². The summed E-state index contributed by atoms with van der Waals surface area (Å²) < 4.78 is 0. The Hall–Kier alpha value is -0.120. The predicted octanol–water partition coefficient (Wildman–Crippen LogP) is 0.789. The molecule has 1 spiro atoms. The molecular weight excluding hydrogens is 176 g/mol. The Balaban J connectivity index is 1.94. The first-order valence-corrected chi connectivity index (χ1v) is 5.80. The molecule has 14 heavy (non-hydrogen) atoms. The van der Waals surface area contributed by atoms with E-state index in [-0.39, 0.29) is 11.6 Å². The summed E-state index contributed by atoms with van der Waals surface area (Å²) in [7, 11) is 0. The fourth-order valence-electron chi connectivity index (χ4n) is 2.82. The second-order valence-electron chi connectivity index (χ2n) is 5.10. The number of hydrogen-bond donors (Lipinski definition) is 2. The largest absolute Gasteiger partial charge is 0.378 e. The number of likely N-dealkylation sites (tertiary alicyclic amines) is 1. The summed E-state index contributed by atoms with van der Waals surface area (Å²) in [4.78, 5) is 2.51. The van der Waals surface area contributed by atoms with Gasteiger partial charge in [-0.3, -0.25) is 5.32 Å². The highest BCUT2D eigenvalue weighted by molar-refractivity contribution is 4.95. The molecule has 2 fully saturated rings. The minimum Gasteiger partial charge on any atom is -0.378 e. The molecule has 0 aromatic rings. The van der Waals surface area contributed by atoms with Gasteiger partial charge in [0, 0.05) is 11.5 Å². The Labute approximate surface area is 86.5 Å². The average molecular weight is 198 g/mol. The molecule has 0 aliphatic carbocycles. The number of nitrogens with one attached hydrogen (secondary N) is 1. The third kappa shape index (κ3) is 1.69. The van der Waals surface area contributed by atoms with Crippen LogP contribution >= 0.6 is 0 Å². The molecule has 2 heterocycles. The molecule has 3 heteroatoms. The number of piperidine rings is 1. The maximum Gasteiger partial charge on any atom is 0.110 e. The summed E-state index contributed by atoms with van der Waals surface area (Å²) in [5.41, 5.74) is 0.200. The van der Waals surface area contributed by atoms with Gasteiger partial charge in [-0.15, -0.1) is 0 Å². The zero-order valence-corrected chi connectivity index (χ0v) is 9.29. The van der Waals surface area contributed by atoms with Crippen LogP contribution in [0.2, 0.25) is 0 Å². The molecule has 0 amide bonds. The van der Waals surface area contributed by atoms with Gasteiger partial charge < -0.3 is 10.0 Å². The maximum atomic E-state index is 9.90. The Morgan fingerprint density at radius 1 is 1.29 bits per heavy atom. The van der Waals surface area contributed by atoms with E-state index in [1.54, 1.807) is 0 Å². The van der Waals surface area contributed by atoms with E-state index in [9.17, 15) is 5.11 Å². The van der Waals surface area contributed by atoms with Gasteiger partial charge in [0.05, 0.1) is 0 Å². The van der Waals surface area contributed by atoms with Crippen LogP contribution in [0.4, 0.5) is 0 Å². The molecular formula is C11H22N2O. The fourth-order valence-corrected chi connectivity index (χ4v) is 2.82. The van der Waals surface area contributed by atoms with Gasteiger partial charge in [0.25, 0.3) is 0 Å². The standard InChI is InChI=1S/C11H22N2O/c1-9(2)13-7-4-11(5-8-13)3-6-12-10(11)14/h9-10,12,14H,3-8H2,1-2H3. The Morgan fingerprint density at radius 2 is 1.93 bits per heavy atom. The second kappa shape index (κ2) is 3.80. The lowest BCUT2D eigenvalue weighted by Gasteiger charge is -2.42. The summed E-state index contributed by atoms with van der Waals surface area (Å²) in [6.45, 7) is 7.79. The van der Waals surface area contributed by atoms with Gasteiger partial charge in [-0.1, -0.05) is 0 Å². The fraction of sp³-hybridized carbons (Fsp3) is 1.00. The van der Waals surface area contributed by atoms with Crippen molar-refractivity contribution in [3.8, 4) is 0 Å². The van der Waals surface area contributed by atoms with Crippen LogP contribution in [0.15, 0.2) is 0 Å². The summed E-state index contributed by atoms with van der Waals surface area (Å²) in [5.74, 6) is 0. The van der Waals surface area contributed by atoms with Crippen molar-refractivity contribution in [1.82, 2.24) is 10.2 Å². The highest BCUT2D eigenvalue weighted by Crippen LogP contribution is 2.40. The molecule has 2 aliphatic rings. The van der Waals surface area contributed by atoms with Gasteiger partial charge in [0.1, 0.15) is 6.23 Å². The number of nitrogens with zero attached hydrogens (tertiary/aromatic N) is 1. The molecule has 82 valence electrons. The monoisotopic (exact) mass is 198 g/mol. The topological polar surface area (TPSA) is 35.5 Å². The van der Waals surface area contributed by atoms with Gasteiger partial charge in [0.2, 0.25) is 0 Å².